The van der Waals surface area contributed by atoms with Crippen LogP contribution in [0.15, 0.2) is 30.3 Å². The van der Waals surface area contributed by atoms with Crippen molar-refractivity contribution in [1.29, 1.82) is 0 Å². The second-order valence-electron chi connectivity index (χ2n) is 4.14. The number of rotatable bonds is 5. The summed E-state index contributed by atoms with van der Waals surface area (Å²) in [6, 6.07) is 7.73. The number of hydrogen-bond acceptors (Lipinski definition) is 4. The van der Waals surface area contributed by atoms with E-state index in [-0.39, 0.29) is 0 Å². The van der Waals surface area contributed by atoms with Gasteiger partial charge < -0.3 is 4.18 Å². The summed E-state index contributed by atoms with van der Waals surface area (Å²) in [7, 11) is -5.06. The van der Waals surface area contributed by atoms with Gasteiger partial charge in [0.15, 0.2) is 0 Å². The molecular weight excluding hydrogens is 347 g/mol. The molecule has 0 fully saturated rings. The molecule has 0 saturated heterocycles. The number of halogens is 5. The Bertz CT molecular complexity index is 795. The van der Waals surface area contributed by atoms with Crippen LogP contribution >= 0.6 is 0 Å². The molecule has 10 heteroatoms. The predicted octanol–water partition coefficient (Wildman–Crippen LogP) is 3.22. The van der Waals surface area contributed by atoms with Crippen molar-refractivity contribution >= 4 is 10.4 Å². The van der Waals surface area contributed by atoms with Crippen LogP contribution in [-0.4, -0.2) is 8.42 Å². The summed E-state index contributed by atoms with van der Waals surface area (Å²) >= 11 is 0. The van der Waals surface area contributed by atoms with Gasteiger partial charge in [-0.15, -0.1) is 0 Å². The summed E-state index contributed by atoms with van der Waals surface area (Å²) in [4.78, 5) is 0. The fourth-order valence-corrected chi connectivity index (χ4v) is 2.18. The third-order valence-electron chi connectivity index (χ3n) is 2.57. The molecule has 4 nitrogen and oxygen atoms in total. The average molecular weight is 354 g/mol. The van der Waals surface area contributed by atoms with E-state index in [1.54, 1.807) is 18.2 Å². The Balaban J connectivity index is 2.24. The van der Waals surface area contributed by atoms with E-state index in [1.807, 2.05) is 0 Å². The van der Waals surface area contributed by atoms with Crippen molar-refractivity contribution in [2.75, 3.05) is 0 Å². The van der Waals surface area contributed by atoms with Gasteiger partial charge in [-0.3, -0.25) is 0 Å². The zero-order chi connectivity index (χ0) is 17.2. The molecule has 2 aromatic rings. The zero-order valence-corrected chi connectivity index (χ0v) is 11.8. The lowest BCUT2D eigenvalue weighted by atomic mass is 10.2. The summed E-state index contributed by atoms with van der Waals surface area (Å²) in [5.41, 5.74) is 0.372. The molecule has 0 aromatic heterocycles. The first kappa shape index (κ1) is 17.2. The van der Waals surface area contributed by atoms with E-state index >= 15 is 0 Å². The Hall–Kier alpha value is -2.20. The van der Waals surface area contributed by atoms with Crippen molar-refractivity contribution in [3.8, 4) is 5.75 Å². The molecule has 0 unspecified atom stereocenters. The zero-order valence-electron chi connectivity index (χ0n) is 11.0. The quantitative estimate of drug-likeness (QED) is 0.470. The molecule has 0 aliphatic heterocycles. The summed E-state index contributed by atoms with van der Waals surface area (Å²) in [5, 5.41) is 0. The van der Waals surface area contributed by atoms with Crippen molar-refractivity contribution in [2.24, 2.45) is 0 Å². The average Bonchev–Trinajstić information content (AvgIpc) is 2.54. The molecule has 0 amide bonds. The third kappa shape index (κ3) is 3.77. The van der Waals surface area contributed by atoms with Crippen LogP contribution in [0.1, 0.15) is 5.56 Å². The molecule has 0 spiro atoms. The fraction of sp³-hybridized carbons (Fsp3) is 0.0769. The minimum Gasteiger partial charge on any atom is -0.355 e. The van der Waals surface area contributed by atoms with Gasteiger partial charge >= 0.3 is 10.4 Å². The lowest BCUT2D eigenvalue weighted by Gasteiger charge is -2.10. The fourth-order valence-electron chi connectivity index (χ4n) is 1.50. The molecule has 0 aliphatic carbocycles. The maximum Gasteiger partial charge on any atom is 0.449 e. The highest BCUT2D eigenvalue weighted by Gasteiger charge is 2.30. The lowest BCUT2D eigenvalue weighted by Crippen LogP contribution is -2.16. The van der Waals surface area contributed by atoms with E-state index in [4.69, 9.17) is 0 Å². The second-order valence-corrected chi connectivity index (χ2v) is 5.36. The van der Waals surface area contributed by atoms with Crippen molar-refractivity contribution in [2.45, 2.75) is 6.61 Å². The highest BCUT2D eigenvalue weighted by molar-refractivity contribution is 7.82. The largest absolute Gasteiger partial charge is 0.449 e. The van der Waals surface area contributed by atoms with Crippen molar-refractivity contribution < 1.29 is 38.7 Å². The molecule has 0 atom stereocenters. The van der Waals surface area contributed by atoms with Crippen molar-refractivity contribution in [1.82, 2.24) is 0 Å². The SMILES string of the molecule is O=S(=O)(OCc1ccccc1)Oc1c(F)c(F)c(F)c(F)c1F. The van der Waals surface area contributed by atoms with Gasteiger partial charge in [0.05, 0.1) is 6.61 Å². The summed E-state index contributed by atoms with van der Waals surface area (Å²) in [5.74, 6) is -13.9. The first-order chi connectivity index (χ1) is 10.7. The van der Waals surface area contributed by atoms with E-state index in [0.717, 1.165) is 0 Å². The smallest absolute Gasteiger partial charge is 0.355 e. The molecule has 0 N–H and O–H groups in total. The molecule has 0 heterocycles. The molecule has 0 radical (unpaired) electrons. The summed E-state index contributed by atoms with van der Waals surface area (Å²) in [6.45, 7) is -0.557. The summed E-state index contributed by atoms with van der Waals surface area (Å²) in [6.07, 6.45) is 0. The second kappa shape index (κ2) is 6.50. The molecular formula is C13H7F5O4S. The first-order valence-corrected chi connectivity index (χ1v) is 7.20. The number of hydrogen-bond donors (Lipinski definition) is 0. The van der Waals surface area contributed by atoms with Crippen LogP contribution in [0, 0.1) is 29.1 Å². The normalized spacial score (nSPS) is 11.5. The van der Waals surface area contributed by atoms with E-state index in [1.165, 1.54) is 12.1 Å². The molecule has 2 aromatic carbocycles. The van der Waals surface area contributed by atoms with Crippen LogP contribution in [0.25, 0.3) is 0 Å². The molecule has 2 rings (SSSR count). The molecule has 23 heavy (non-hydrogen) atoms. The topological polar surface area (TPSA) is 52.6 Å². The van der Waals surface area contributed by atoms with Crippen molar-refractivity contribution in [3.63, 3.8) is 0 Å². The van der Waals surface area contributed by atoms with Crippen LogP contribution < -0.4 is 4.18 Å². The molecule has 0 saturated carbocycles. The van der Waals surface area contributed by atoms with Gasteiger partial charge in [-0.2, -0.15) is 17.2 Å². The maximum atomic E-state index is 13.3. The molecule has 0 aliphatic rings. The highest BCUT2D eigenvalue weighted by atomic mass is 32.3. The Labute approximate surface area is 127 Å². The van der Waals surface area contributed by atoms with Gasteiger partial charge in [-0.05, 0) is 5.56 Å². The van der Waals surface area contributed by atoms with E-state index < -0.39 is 51.8 Å². The van der Waals surface area contributed by atoms with Gasteiger partial charge in [-0.1, -0.05) is 30.3 Å². The van der Waals surface area contributed by atoms with Crippen LogP contribution in [-0.2, 0) is 21.2 Å². The first-order valence-electron chi connectivity index (χ1n) is 5.87. The number of benzene rings is 2. The van der Waals surface area contributed by atoms with Gasteiger partial charge in [0.1, 0.15) is 0 Å². The third-order valence-corrected chi connectivity index (χ3v) is 3.34. The van der Waals surface area contributed by atoms with E-state index in [2.05, 4.69) is 8.37 Å². The van der Waals surface area contributed by atoms with Crippen molar-refractivity contribution in [3.05, 3.63) is 65.0 Å². The Morgan fingerprint density at radius 2 is 1.26 bits per heavy atom. The molecule has 124 valence electrons. The standard InChI is InChI=1S/C13H7F5O4S/c14-8-9(15)11(17)13(12(18)10(8)16)22-23(19,20)21-6-7-4-2-1-3-5-7/h1-5H,6H2. The highest BCUT2D eigenvalue weighted by Crippen LogP contribution is 2.30. The monoisotopic (exact) mass is 354 g/mol. The van der Waals surface area contributed by atoms with E-state index in [0.29, 0.717) is 5.56 Å². The minimum atomic E-state index is -5.06. The van der Waals surface area contributed by atoms with Crippen LogP contribution in [0.2, 0.25) is 0 Å². The van der Waals surface area contributed by atoms with Crippen LogP contribution in [0.4, 0.5) is 22.0 Å². The Kier molecular flexibility index (Phi) is 4.85. The minimum absolute atomic E-state index is 0.372. The van der Waals surface area contributed by atoms with Gasteiger partial charge in [-0.25, -0.2) is 17.4 Å². The predicted molar refractivity (Wildman–Crippen MR) is 67.0 cm³/mol. The Morgan fingerprint density at radius 1 is 0.783 bits per heavy atom. The molecule has 0 bridgehead atoms. The van der Waals surface area contributed by atoms with Crippen LogP contribution in [0.5, 0.6) is 5.75 Å². The Morgan fingerprint density at radius 3 is 1.78 bits per heavy atom. The lowest BCUT2D eigenvalue weighted by molar-refractivity contribution is 0.254. The van der Waals surface area contributed by atoms with Gasteiger partial charge in [0.25, 0.3) is 0 Å². The van der Waals surface area contributed by atoms with Gasteiger partial charge in [0, 0.05) is 0 Å². The van der Waals surface area contributed by atoms with E-state index in [9.17, 15) is 30.4 Å². The summed E-state index contributed by atoms with van der Waals surface area (Å²) < 4.78 is 96.5. The van der Waals surface area contributed by atoms with Gasteiger partial charge in [0.2, 0.25) is 34.8 Å². The maximum absolute atomic E-state index is 13.3. The van der Waals surface area contributed by atoms with Crippen LogP contribution in [0.3, 0.4) is 0 Å².